The molecule has 0 radical (unpaired) electrons. The average Bonchev–Trinajstić information content (AvgIpc) is 3.20. The molecule has 27 heavy (non-hydrogen) atoms. The van der Waals surface area contributed by atoms with Crippen LogP contribution in [0.3, 0.4) is 0 Å². The molecule has 1 aliphatic rings. The number of fused-ring (bicyclic) bond motifs is 2. The standard InChI is InChI=1S/C19H21N5O2S/c1-19(2,3)24-16-14(10-20-24)17(26)23-13(11-27-18(23)22-16)9-15(25)21-12-7-5-4-6-8-12/h4-8,10,13H,9,11H2,1-3H3,(H,21,25). The first-order chi connectivity index (χ1) is 12.8. The van der Waals surface area contributed by atoms with Gasteiger partial charge >= 0.3 is 0 Å². The van der Waals surface area contributed by atoms with Crippen molar-refractivity contribution >= 4 is 34.4 Å². The fourth-order valence-electron chi connectivity index (χ4n) is 3.22. The molecule has 2 aromatic heterocycles. The summed E-state index contributed by atoms with van der Waals surface area (Å²) >= 11 is 1.51. The number of anilines is 1. The minimum Gasteiger partial charge on any atom is -0.326 e. The van der Waals surface area contributed by atoms with Crippen LogP contribution in [-0.4, -0.2) is 31.0 Å². The van der Waals surface area contributed by atoms with Crippen LogP contribution in [0.1, 0.15) is 33.2 Å². The van der Waals surface area contributed by atoms with Gasteiger partial charge in [0.25, 0.3) is 5.56 Å². The molecule has 1 aromatic carbocycles. The maximum absolute atomic E-state index is 13.0. The summed E-state index contributed by atoms with van der Waals surface area (Å²) in [5, 5.41) is 8.38. The molecule has 4 rings (SSSR count). The van der Waals surface area contributed by atoms with Gasteiger partial charge in [0, 0.05) is 17.9 Å². The van der Waals surface area contributed by atoms with Crippen molar-refractivity contribution in [3.05, 3.63) is 46.9 Å². The summed E-state index contributed by atoms with van der Waals surface area (Å²) in [5.41, 5.74) is 0.951. The predicted molar refractivity (Wildman–Crippen MR) is 106 cm³/mol. The number of carbonyl (C=O) groups is 1. The fourth-order valence-corrected chi connectivity index (χ4v) is 4.35. The van der Waals surface area contributed by atoms with Crippen LogP contribution in [0.5, 0.6) is 0 Å². The summed E-state index contributed by atoms with van der Waals surface area (Å²) in [7, 11) is 0. The molecule has 1 atom stereocenters. The Bertz CT molecular complexity index is 1070. The maximum atomic E-state index is 13.0. The summed E-state index contributed by atoms with van der Waals surface area (Å²) in [4.78, 5) is 30.1. The largest absolute Gasteiger partial charge is 0.326 e. The third-order valence-corrected chi connectivity index (χ3v) is 5.58. The summed E-state index contributed by atoms with van der Waals surface area (Å²) in [5.74, 6) is 0.539. The second-order valence-corrected chi connectivity index (χ2v) is 8.60. The van der Waals surface area contributed by atoms with Gasteiger partial charge in [0.2, 0.25) is 5.91 Å². The van der Waals surface area contributed by atoms with Crippen molar-refractivity contribution in [3.63, 3.8) is 0 Å². The van der Waals surface area contributed by atoms with Crippen molar-refractivity contribution in [2.75, 3.05) is 11.1 Å². The third-order valence-electron chi connectivity index (χ3n) is 4.48. The van der Waals surface area contributed by atoms with Gasteiger partial charge in [-0.05, 0) is 32.9 Å². The molecule has 1 amide bonds. The van der Waals surface area contributed by atoms with E-state index in [-0.39, 0.29) is 29.5 Å². The number of hydrogen-bond donors (Lipinski definition) is 1. The Morgan fingerprint density at radius 2 is 2.04 bits per heavy atom. The zero-order valence-corrected chi connectivity index (χ0v) is 16.3. The van der Waals surface area contributed by atoms with Crippen molar-refractivity contribution < 1.29 is 4.79 Å². The SMILES string of the molecule is CC(C)(C)n1ncc2c(=O)n3c(nc21)SCC3CC(=O)Nc1ccccc1. The van der Waals surface area contributed by atoms with Crippen LogP contribution in [0, 0.1) is 0 Å². The number of para-hydroxylation sites is 1. The summed E-state index contributed by atoms with van der Waals surface area (Å²) in [6.07, 6.45) is 1.81. The maximum Gasteiger partial charge on any atom is 0.265 e. The first kappa shape index (κ1) is 17.8. The number of nitrogens with one attached hydrogen (secondary N) is 1. The molecule has 3 aromatic rings. The highest BCUT2D eigenvalue weighted by molar-refractivity contribution is 7.99. The van der Waals surface area contributed by atoms with Crippen molar-refractivity contribution in [1.82, 2.24) is 19.3 Å². The smallest absolute Gasteiger partial charge is 0.265 e. The average molecular weight is 383 g/mol. The zero-order valence-electron chi connectivity index (χ0n) is 15.5. The second-order valence-electron chi connectivity index (χ2n) is 7.62. The molecule has 1 N–H and O–H groups in total. The Hall–Kier alpha value is -2.61. The number of amides is 1. The van der Waals surface area contributed by atoms with Crippen LogP contribution < -0.4 is 10.9 Å². The number of thioether (sulfide) groups is 1. The molecule has 0 saturated heterocycles. The normalized spacial score (nSPS) is 16.5. The van der Waals surface area contributed by atoms with Gasteiger partial charge in [0.05, 0.1) is 17.8 Å². The van der Waals surface area contributed by atoms with Crippen molar-refractivity contribution in [2.24, 2.45) is 0 Å². The summed E-state index contributed by atoms with van der Waals surface area (Å²) in [6, 6.07) is 9.10. The molecule has 7 nitrogen and oxygen atoms in total. The third kappa shape index (κ3) is 3.25. The lowest BCUT2D eigenvalue weighted by Crippen LogP contribution is -2.29. The van der Waals surface area contributed by atoms with Gasteiger partial charge < -0.3 is 5.32 Å². The molecule has 3 heterocycles. The first-order valence-electron chi connectivity index (χ1n) is 8.83. The van der Waals surface area contributed by atoms with Gasteiger partial charge in [-0.25, -0.2) is 9.67 Å². The van der Waals surface area contributed by atoms with Gasteiger partial charge in [0.15, 0.2) is 10.8 Å². The molecular weight excluding hydrogens is 362 g/mol. The van der Waals surface area contributed by atoms with Crippen molar-refractivity contribution in [3.8, 4) is 0 Å². The predicted octanol–water partition coefficient (Wildman–Crippen LogP) is 3.02. The Labute approximate surface area is 160 Å². The van der Waals surface area contributed by atoms with Gasteiger partial charge in [-0.3, -0.25) is 14.2 Å². The minimum absolute atomic E-state index is 0.114. The molecule has 0 aliphatic carbocycles. The number of carbonyl (C=O) groups excluding carboxylic acids is 1. The van der Waals surface area contributed by atoms with E-state index in [1.165, 1.54) is 11.8 Å². The topological polar surface area (TPSA) is 81.8 Å². The lowest BCUT2D eigenvalue weighted by atomic mass is 10.1. The molecular formula is C19H21N5O2S. The molecule has 1 unspecified atom stereocenters. The van der Waals surface area contributed by atoms with E-state index in [1.807, 2.05) is 51.1 Å². The van der Waals surface area contributed by atoms with E-state index in [2.05, 4.69) is 15.4 Å². The molecule has 1 aliphatic heterocycles. The zero-order chi connectivity index (χ0) is 19.2. The molecule has 0 bridgehead atoms. The number of rotatable bonds is 3. The van der Waals surface area contributed by atoms with Crippen molar-refractivity contribution in [2.45, 2.75) is 43.9 Å². The monoisotopic (exact) mass is 383 g/mol. The molecule has 0 spiro atoms. The van der Waals surface area contributed by atoms with E-state index in [4.69, 9.17) is 0 Å². The molecule has 8 heteroatoms. The van der Waals surface area contributed by atoms with Crippen molar-refractivity contribution in [1.29, 1.82) is 0 Å². The van der Waals surface area contributed by atoms with E-state index < -0.39 is 0 Å². The van der Waals surface area contributed by atoms with Crippen LogP contribution in [0.4, 0.5) is 5.69 Å². The fraction of sp³-hybridized carbons (Fsp3) is 0.368. The van der Waals surface area contributed by atoms with Crippen LogP contribution in [0.2, 0.25) is 0 Å². The Morgan fingerprint density at radius 3 is 2.74 bits per heavy atom. The van der Waals surface area contributed by atoms with Crippen LogP contribution in [0.15, 0.2) is 46.5 Å². The first-order valence-corrected chi connectivity index (χ1v) is 9.81. The van der Waals surface area contributed by atoms with E-state index in [1.54, 1.807) is 15.4 Å². The Kier molecular flexibility index (Phi) is 4.30. The molecule has 0 saturated carbocycles. The molecule has 0 fully saturated rings. The second kappa shape index (κ2) is 6.53. The lowest BCUT2D eigenvalue weighted by Gasteiger charge is -2.20. The Morgan fingerprint density at radius 1 is 1.30 bits per heavy atom. The quantitative estimate of drug-likeness (QED) is 0.703. The van der Waals surface area contributed by atoms with Crippen LogP contribution in [-0.2, 0) is 10.3 Å². The number of hydrogen-bond acceptors (Lipinski definition) is 5. The van der Waals surface area contributed by atoms with E-state index in [9.17, 15) is 9.59 Å². The summed E-state index contributed by atoms with van der Waals surface area (Å²) < 4.78 is 3.42. The molecule has 140 valence electrons. The summed E-state index contributed by atoms with van der Waals surface area (Å²) in [6.45, 7) is 6.07. The van der Waals surface area contributed by atoms with E-state index in [0.717, 1.165) is 5.69 Å². The number of aromatic nitrogens is 4. The highest BCUT2D eigenvalue weighted by Crippen LogP contribution is 2.33. The Balaban J connectivity index is 1.64. The number of benzene rings is 1. The van der Waals surface area contributed by atoms with E-state index in [0.29, 0.717) is 21.9 Å². The van der Waals surface area contributed by atoms with Gasteiger partial charge in [-0.15, -0.1) is 0 Å². The van der Waals surface area contributed by atoms with E-state index >= 15 is 0 Å². The highest BCUT2D eigenvalue weighted by atomic mass is 32.2. The highest BCUT2D eigenvalue weighted by Gasteiger charge is 2.30. The van der Waals surface area contributed by atoms with Gasteiger partial charge in [-0.1, -0.05) is 30.0 Å². The number of nitrogens with zero attached hydrogens (tertiary/aromatic N) is 4. The van der Waals surface area contributed by atoms with Gasteiger partial charge in [-0.2, -0.15) is 5.10 Å². The minimum atomic E-state index is -0.266. The van der Waals surface area contributed by atoms with Crippen LogP contribution in [0.25, 0.3) is 11.0 Å². The van der Waals surface area contributed by atoms with Gasteiger partial charge in [0.1, 0.15) is 5.39 Å². The van der Waals surface area contributed by atoms with Crippen LogP contribution >= 0.6 is 11.8 Å². The lowest BCUT2D eigenvalue weighted by molar-refractivity contribution is -0.116.